The molecule has 0 spiro atoms. The number of rotatable bonds is 8. The van der Waals surface area contributed by atoms with Gasteiger partial charge in [-0.15, -0.1) is 0 Å². The molecule has 23 nitrogen and oxygen atoms in total. The number of aromatic carboxylic acids is 1. The van der Waals surface area contributed by atoms with Crippen LogP contribution in [0.15, 0.2) is 182 Å². The van der Waals surface area contributed by atoms with Crippen LogP contribution in [0, 0.1) is 40.5 Å². The molecule has 0 atom stereocenters. The summed E-state index contributed by atoms with van der Waals surface area (Å²) in [5.41, 5.74) is 13.6. The van der Waals surface area contributed by atoms with Gasteiger partial charge in [-0.3, -0.25) is 50.0 Å². The maximum absolute atomic E-state index is 11.6. The fourth-order valence-corrected chi connectivity index (χ4v) is 8.01. The minimum atomic E-state index is -1.17. The van der Waals surface area contributed by atoms with Crippen molar-refractivity contribution >= 4 is 123 Å². The molecule has 0 aromatic heterocycles. The van der Waals surface area contributed by atoms with Crippen LogP contribution in [-0.2, 0) is 14.3 Å². The molecule has 0 heterocycles. The van der Waals surface area contributed by atoms with E-state index in [1.54, 1.807) is 72.8 Å². The van der Waals surface area contributed by atoms with Crippen molar-refractivity contribution < 1.29 is 83.7 Å². The van der Waals surface area contributed by atoms with Gasteiger partial charge in [0.2, 0.25) is 11.8 Å². The summed E-state index contributed by atoms with van der Waals surface area (Å²) in [6.07, 6.45) is 0. The standard InChI is InChI=1S/C12H10N2O3.C12H12N2O.C12H9NO4.C11H7NO4.C10H8N2O2.Na.H2O/c1-8(15)13-12-7-10(14(16)17)6-9-4-2-3-5-11(9)12;1-8(15)14-12-7-10(13)6-9-4-2-3-5-11(9)12;1-17-12(14)11-7-9(13(15)16)6-8-4-2-3-5-10(8)11;13-11(14)10-6-8(12(15)16)5-7-3-1-2-4-9(7)10;11-10-6-8(12(13)14)5-7-3-1-2-4-9(7)10;;/h2-7H,1H3,(H,13,15);2-7H,13H2,1H3,(H,14,15);2-7H,1H3;1-6H,(H,13,14);1-6H,11H2;;1H2/q;;;;;+1;/p-1. The molecule has 0 bridgehead atoms. The zero-order chi connectivity index (χ0) is 57.5. The Bertz CT molecular complexity index is 4050. The third kappa shape index (κ3) is 16.5. The predicted octanol–water partition coefficient (Wildman–Crippen LogP) is 9.23. The fraction of sp³-hybridized carbons (Fsp3) is 0.0526. The summed E-state index contributed by atoms with van der Waals surface area (Å²) in [5.74, 6) is -2.09. The van der Waals surface area contributed by atoms with Gasteiger partial charge < -0.3 is 37.4 Å². The van der Waals surface area contributed by atoms with Crippen LogP contribution >= 0.6 is 0 Å². The normalized spacial score (nSPS) is 9.96. The topological polar surface area (TPSA) is 376 Å². The third-order valence-corrected chi connectivity index (χ3v) is 11.4. The molecule has 0 aliphatic heterocycles. The first-order valence-corrected chi connectivity index (χ1v) is 23.2. The molecule has 81 heavy (non-hydrogen) atoms. The van der Waals surface area contributed by atoms with Crippen LogP contribution in [0.5, 0.6) is 0 Å². The summed E-state index contributed by atoms with van der Waals surface area (Å²) in [4.78, 5) is 85.3. The summed E-state index contributed by atoms with van der Waals surface area (Å²) in [6.45, 7) is 2.85. The molecule has 0 radical (unpaired) electrons. The van der Waals surface area contributed by atoms with E-state index in [9.17, 15) is 59.6 Å². The SMILES string of the molecule is CC(=O)Nc1cc(N)cc2ccccc12.CC(=O)Nc1cc([N+](=O)[O-])cc2ccccc12.COC(=O)c1cc([N+](=O)[O-])cc2ccccc12.Nc1cc([N+](=O)[O-])cc2ccccc12.O=C(O)c1cc([N+](=O)[O-])cc2ccccc12.[Na+].[OH-]. The van der Waals surface area contributed by atoms with E-state index in [1.807, 2.05) is 60.7 Å². The molecule has 0 saturated carbocycles. The fourth-order valence-electron chi connectivity index (χ4n) is 8.01. The molecule has 0 aliphatic rings. The number of hydrogen-bond donors (Lipinski definition) is 5. The van der Waals surface area contributed by atoms with Gasteiger partial charge in [0.1, 0.15) is 0 Å². The smallest absolute Gasteiger partial charge is 0.870 e. The third-order valence-electron chi connectivity index (χ3n) is 11.4. The van der Waals surface area contributed by atoms with Gasteiger partial charge in [0.15, 0.2) is 0 Å². The molecule has 24 heteroatoms. The monoisotopic (exact) mass is 1110 g/mol. The van der Waals surface area contributed by atoms with Gasteiger partial charge >= 0.3 is 41.5 Å². The second-order valence-corrected chi connectivity index (χ2v) is 16.9. The predicted molar refractivity (Wildman–Crippen MR) is 304 cm³/mol. The minimum Gasteiger partial charge on any atom is -0.870 e. The molecular formula is C57H47N8NaO15. The second kappa shape index (κ2) is 28.8. The van der Waals surface area contributed by atoms with E-state index in [2.05, 4.69) is 15.4 Å². The molecule has 406 valence electrons. The molecular weight excluding hydrogens is 1060 g/mol. The van der Waals surface area contributed by atoms with Crippen molar-refractivity contribution in [3.05, 3.63) is 234 Å². The molecule has 10 aromatic carbocycles. The Morgan fingerprint density at radius 2 is 0.753 bits per heavy atom. The number of ether oxygens (including phenoxy) is 1. The maximum atomic E-state index is 11.6. The van der Waals surface area contributed by atoms with Crippen molar-refractivity contribution in [2.75, 3.05) is 29.2 Å². The van der Waals surface area contributed by atoms with E-state index in [4.69, 9.17) is 16.6 Å². The van der Waals surface area contributed by atoms with Crippen LogP contribution in [0.4, 0.5) is 45.5 Å². The van der Waals surface area contributed by atoms with Crippen molar-refractivity contribution in [1.29, 1.82) is 0 Å². The van der Waals surface area contributed by atoms with Crippen LogP contribution in [0.25, 0.3) is 53.9 Å². The largest absolute Gasteiger partial charge is 1.00 e. The van der Waals surface area contributed by atoms with Crippen LogP contribution < -0.4 is 51.7 Å². The molecule has 10 rings (SSSR count). The van der Waals surface area contributed by atoms with Gasteiger partial charge in [-0.2, -0.15) is 0 Å². The Hall–Kier alpha value is -10.5. The number of carbonyl (C=O) groups excluding carboxylic acids is 3. The zero-order valence-electron chi connectivity index (χ0n) is 43.5. The molecule has 0 unspecified atom stereocenters. The average molecular weight is 1110 g/mol. The van der Waals surface area contributed by atoms with Gasteiger partial charge in [0.05, 0.1) is 49.3 Å². The van der Waals surface area contributed by atoms with Crippen LogP contribution in [0.3, 0.4) is 0 Å². The maximum Gasteiger partial charge on any atom is 1.00 e. The van der Waals surface area contributed by atoms with Crippen molar-refractivity contribution in [3.8, 4) is 0 Å². The number of esters is 1. The second-order valence-electron chi connectivity index (χ2n) is 16.9. The summed E-state index contributed by atoms with van der Waals surface area (Å²) in [6, 6.07) is 50.5. The number of nitrogen functional groups attached to an aromatic ring is 2. The van der Waals surface area contributed by atoms with Gasteiger partial charge in [0, 0.05) is 89.9 Å². The Kier molecular flexibility index (Phi) is 22.4. The number of methoxy groups -OCH3 is 1. The van der Waals surface area contributed by atoms with Crippen LogP contribution in [0.1, 0.15) is 34.6 Å². The average Bonchev–Trinajstić information content (AvgIpc) is 3.50. The number of hydrogen-bond acceptors (Lipinski definition) is 16. The number of non-ortho nitro benzene ring substituents is 4. The van der Waals surface area contributed by atoms with Crippen molar-refractivity contribution in [2.24, 2.45) is 0 Å². The first-order valence-electron chi connectivity index (χ1n) is 23.2. The number of amides is 2. The first kappa shape index (κ1) is 63.1. The number of carbonyl (C=O) groups is 4. The van der Waals surface area contributed by atoms with Crippen molar-refractivity contribution in [2.45, 2.75) is 13.8 Å². The van der Waals surface area contributed by atoms with Gasteiger partial charge in [-0.25, -0.2) is 9.59 Å². The first-order chi connectivity index (χ1) is 37.6. The van der Waals surface area contributed by atoms with E-state index >= 15 is 0 Å². The Labute approximate surface area is 480 Å². The number of carboxylic acid groups (broad SMARTS) is 1. The number of nitro groups is 4. The van der Waals surface area contributed by atoms with Gasteiger partial charge in [-0.05, 0) is 49.8 Å². The van der Waals surface area contributed by atoms with Gasteiger partial charge in [0.25, 0.3) is 22.7 Å². The molecule has 10 aromatic rings. The van der Waals surface area contributed by atoms with E-state index in [1.165, 1.54) is 63.4 Å². The molecule has 0 fully saturated rings. The van der Waals surface area contributed by atoms with Crippen molar-refractivity contribution in [1.82, 2.24) is 0 Å². The van der Waals surface area contributed by atoms with E-state index in [0.717, 1.165) is 44.1 Å². The molecule has 8 N–H and O–H groups in total. The molecule has 2 amide bonds. The molecule has 0 aliphatic carbocycles. The van der Waals surface area contributed by atoms with Crippen molar-refractivity contribution in [3.63, 3.8) is 0 Å². The van der Waals surface area contributed by atoms with Crippen LogP contribution in [0.2, 0.25) is 0 Å². The van der Waals surface area contributed by atoms with E-state index in [0.29, 0.717) is 38.6 Å². The number of nitro benzene ring substituents is 4. The Balaban J connectivity index is 0.000000217. The summed E-state index contributed by atoms with van der Waals surface area (Å²) < 4.78 is 4.62. The number of carboxylic acids is 1. The van der Waals surface area contributed by atoms with Gasteiger partial charge in [-0.1, -0.05) is 121 Å². The number of fused-ring (bicyclic) bond motifs is 5. The number of nitrogens with zero attached hydrogens (tertiary/aromatic N) is 4. The summed E-state index contributed by atoms with van der Waals surface area (Å²) >= 11 is 0. The zero-order valence-corrected chi connectivity index (χ0v) is 45.5. The quantitative estimate of drug-likeness (QED) is 0.0311. The number of anilines is 4. The Morgan fingerprint density at radius 1 is 0.444 bits per heavy atom. The summed E-state index contributed by atoms with van der Waals surface area (Å²) in [5, 5.41) is 64.6. The number of nitrogens with two attached hydrogens (primary N) is 2. The van der Waals surface area contributed by atoms with Crippen LogP contribution in [-0.4, -0.2) is 61.1 Å². The number of benzene rings is 10. The van der Waals surface area contributed by atoms with E-state index < -0.39 is 31.6 Å². The number of nitrogens with one attached hydrogen (secondary N) is 2. The van der Waals surface area contributed by atoms with E-state index in [-0.39, 0.29) is 80.7 Å². The Morgan fingerprint density at radius 3 is 1.15 bits per heavy atom. The molecule has 0 saturated heterocycles. The summed E-state index contributed by atoms with van der Waals surface area (Å²) in [7, 11) is 1.25. The minimum absolute atomic E-state index is 0.